The van der Waals surface area contributed by atoms with Crippen LogP contribution in [0.4, 0.5) is 0 Å². The maximum absolute atomic E-state index is 4.36. The van der Waals surface area contributed by atoms with Gasteiger partial charge in [0.15, 0.2) is 0 Å². The van der Waals surface area contributed by atoms with E-state index in [-0.39, 0.29) is 0 Å². The molecule has 0 N–H and O–H groups in total. The van der Waals surface area contributed by atoms with Crippen LogP contribution >= 0.6 is 0 Å². The van der Waals surface area contributed by atoms with Gasteiger partial charge in [0.25, 0.3) is 0 Å². The predicted octanol–water partition coefficient (Wildman–Crippen LogP) is 1.88. The van der Waals surface area contributed by atoms with E-state index in [1.807, 2.05) is 6.20 Å². The Labute approximate surface area is 61.1 Å². The fourth-order valence-corrected chi connectivity index (χ4v) is 1.55. The van der Waals surface area contributed by atoms with Gasteiger partial charge < -0.3 is 0 Å². The van der Waals surface area contributed by atoms with Gasteiger partial charge in [-0.1, -0.05) is 6.07 Å². The van der Waals surface area contributed by atoms with Gasteiger partial charge in [-0.05, 0) is 37.3 Å². The highest BCUT2D eigenvalue weighted by atomic mass is 14.7. The molecule has 2 rings (SSSR count). The summed E-state index contributed by atoms with van der Waals surface area (Å²) in [7, 11) is 0. The zero-order valence-electron chi connectivity index (χ0n) is 6.22. The molecule has 0 bridgehead atoms. The van der Waals surface area contributed by atoms with Crippen molar-refractivity contribution in [2.24, 2.45) is 0 Å². The number of rotatable bonds is 0. The molecule has 1 aromatic heterocycles. The van der Waals surface area contributed by atoms with Gasteiger partial charge in [-0.3, -0.25) is 4.98 Å². The second kappa shape index (κ2) is 2.08. The van der Waals surface area contributed by atoms with Crippen molar-refractivity contribution in [1.29, 1.82) is 0 Å². The summed E-state index contributed by atoms with van der Waals surface area (Å²) in [5, 5.41) is 0. The Morgan fingerprint density at radius 3 is 3.20 bits per heavy atom. The summed E-state index contributed by atoms with van der Waals surface area (Å²) in [6.45, 7) is 2.10. The van der Waals surface area contributed by atoms with Gasteiger partial charge in [0.1, 0.15) is 0 Å². The van der Waals surface area contributed by atoms with Crippen LogP contribution in [0.5, 0.6) is 0 Å². The van der Waals surface area contributed by atoms with E-state index in [2.05, 4.69) is 18.0 Å². The van der Waals surface area contributed by atoms with Crippen molar-refractivity contribution in [3.05, 3.63) is 29.1 Å². The van der Waals surface area contributed by atoms with Crippen LogP contribution in [0.15, 0.2) is 12.3 Å². The fraction of sp³-hybridized carbons (Fsp3) is 0.444. The molecule has 1 aliphatic rings. The van der Waals surface area contributed by atoms with Gasteiger partial charge in [-0.25, -0.2) is 0 Å². The van der Waals surface area contributed by atoms with E-state index in [1.54, 1.807) is 0 Å². The van der Waals surface area contributed by atoms with Crippen LogP contribution in [0.3, 0.4) is 0 Å². The third-order valence-corrected chi connectivity index (χ3v) is 2.06. The number of pyridine rings is 1. The fourth-order valence-electron chi connectivity index (χ4n) is 1.55. The van der Waals surface area contributed by atoms with Crippen molar-refractivity contribution < 1.29 is 0 Å². The van der Waals surface area contributed by atoms with E-state index in [0.717, 1.165) is 0 Å². The monoisotopic (exact) mass is 133 g/mol. The molecule has 10 heavy (non-hydrogen) atoms. The molecule has 0 radical (unpaired) electrons. The molecule has 0 amide bonds. The lowest BCUT2D eigenvalue weighted by Crippen LogP contribution is -1.87. The summed E-state index contributed by atoms with van der Waals surface area (Å²) in [6.07, 6.45) is 5.69. The molecule has 0 saturated heterocycles. The summed E-state index contributed by atoms with van der Waals surface area (Å²) < 4.78 is 0. The molecule has 0 fully saturated rings. The van der Waals surface area contributed by atoms with E-state index >= 15 is 0 Å². The summed E-state index contributed by atoms with van der Waals surface area (Å²) in [5.41, 5.74) is 4.09. The normalized spacial score (nSPS) is 15.3. The number of hydrogen-bond donors (Lipinski definition) is 0. The average molecular weight is 133 g/mol. The first-order valence-corrected chi connectivity index (χ1v) is 3.80. The van der Waals surface area contributed by atoms with E-state index < -0.39 is 0 Å². The minimum absolute atomic E-state index is 1.19. The summed E-state index contributed by atoms with van der Waals surface area (Å²) in [6, 6.07) is 2.26. The number of nitrogens with zero attached hydrogens (tertiary/aromatic N) is 1. The van der Waals surface area contributed by atoms with Crippen LogP contribution < -0.4 is 0 Å². The van der Waals surface area contributed by atoms with Gasteiger partial charge >= 0.3 is 0 Å². The quantitative estimate of drug-likeness (QED) is 0.526. The molecule has 1 aliphatic carbocycles. The molecule has 0 unspecified atom stereocenters. The molecule has 0 saturated carbocycles. The van der Waals surface area contributed by atoms with E-state index in [4.69, 9.17) is 0 Å². The van der Waals surface area contributed by atoms with E-state index in [1.165, 1.54) is 36.1 Å². The van der Waals surface area contributed by atoms with Crippen LogP contribution in [0.2, 0.25) is 0 Å². The van der Waals surface area contributed by atoms with Crippen LogP contribution in [-0.2, 0) is 12.8 Å². The first-order chi connectivity index (χ1) is 4.86. The largest absolute Gasteiger partial charge is 0.261 e. The molecule has 1 heteroatoms. The molecule has 52 valence electrons. The van der Waals surface area contributed by atoms with E-state index in [0.29, 0.717) is 0 Å². The maximum atomic E-state index is 4.36. The minimum Gasteiger partial charge on any atom is -0.261 e. The average Bonchev–Trinajstić information content (AvgIpc) is 2.33. The highest BCUT2D eigenvalue weighted by molar-refractivity contribution is 5.28. The number of fused-ring (bicyclic) bond motifs is 1. The number of hydrogen-bond acceptors (Lipinski definition) is 1. The first kappa shape index (κ1) is 5.90. The highest BCUT2D eigenvalue weighted by Gasteiger charge is 2.10. The van der Waals surface area contributed by atoms with Crippen LogP contribution in [0.25, 0.3) is 0 Å². The van der Waals surface area contributed by atoms with Crippen molar-refractivity contribution >= 4 is 0 Å². The molecular weight excluding hydrogens is 122 g/mol. The Hall–Kier alpha value is -0.850. The molecule has 0 spiro atoms. The molecular formula is C9H11N. The van der Waals surface area contributed by atoms with Crippen LogP contribution in [0.1, 0.15) is 23.2 Å². The van der Waals surface area contributed by atoms with Crippen LogP contribution in [0, 0.1) is 6.92 Å². The third kappa shape index (κ3) is 0.821. The molecule has 1 aromatic rings. The van der Waals surface area contributed by atoms with Crippen molar-refractivity contribution in [3.63, 3.8) is 0 Å². The van der Waals surface area contributed by atoms with Crippen molar-refractivity contribution in [2.45, 2.75) is 26.2 Å². The first-order valence-electron chi connectivity index (χ1n) is 3.80. The zero-order chi connectivity index (χ0) is 6.97. The lowest BCUT2D eigenvalue weighted by Gasteiger charge is -1.97. The Balaban J connectivity index is 2.52. The molecule has 0 atom stereocenters. The third-order valence-electron chi connectivity index (χ3n) is 2.06. The molecule has 0 aliphatic heterocycles. The van der Waals surface area contributed by atoms with Crippen LogP contribution in [-0.4, -0.2) is 4.98 Å². The highest BCUT2D eigenvalue weighted by Crippen LogP contribution is 2.19. The van der Waals surface area contributed by atoms with Gasteiger partial charge in [-0.15, -0.1) is 0 Å². The lowest BCUT2D eigenvalue weighted by atomic mass is 10.2. The Bertz CT molecular complexity index is 253. The SMILES string of the molecule is Cc1cnc2c(c1)CCC2. The van der Waals surface area contributed by atoms with Crippen molar-refractivity contribution in [3.8, 4) is 0 Å². The van der Waals surface area contributed by atoms with Crippen molar-refractivity contribution in [1.82, 2.24) is 4.98 Å². The molecule has 1 nitrogen and oxygen atoms in total. The number of aromatic nitrogens is 1. The topological polar surface area (TPSA) is 12.9 Å². The second-order valence-corrected chi connectivity index (χ2v) is 2.97. The zero-order valence-corrected chi connectivity index (χ0v) is 6.22. The van der Waals surface area contributed by atoms with Gasteiger partial charge in [0.2, 0.25) is 0 Å². The lowest BCUT2D eigenvalue weighted by molar-refractivity contribution is 0.899. The van der Waals surface area contributed by atoms with Gasteiger partial charge in [0.05, 0.1) is 0 Å². The molecule has 1 heterocycles. The van der Waals surface area contributed by atoms with E-state index in [9.17, 15) is 0 Å². The minimum atomic E-state index is 1.19. The Kier molecular flexibility index (Phi) is 1.23. The Morgan fingerprint density at radius 1 is 1.40 bits per heavy atom. The summed E-state index contributed by atoms with van der Waals surface area (Å²) in [4.78, 5) is 4.36. The maximum Gasteiger partial charge on any atom is 0.0435 e. The predicted molar refractivity (Wildman–Crippen MR) is 41.0 cm³/mol. The van der Waals surface area contributed by atoms with Crippen molar-refractivity contribution in [2.75, 3.05) is 0 Å². The standard InChI is InChI=1S/C9H11N/c1-7-5-8-3-2-4-9(8)10-6-7/h5-6H,2-4H2,1H3. The van der Waals surface area contributed by atoms with Gasteiger partial charge in [-0.2, -0.15) is 0 Å². The summed E-state index contributed by atoms with van der Waals surface area (Å²) >= 11 is 0. The smallest absolute Gasteiger partial charge is 0.0435 e. The molecule has 0 aromatic carbocycles. The Morgan fingerprint density at radius 2 is 2.30 bits per heavy atom. The number of aryl methyl sites for hydroxylation is 3. The summed E-state index contributed by atoms with van der Waals surface area (Å²) in [5.74, 6) is 0. The van der Waals surface area contributed by atoms with Gasteiger partial charge in [0, 0.05) is 11.9 Å². The second-order valence-electron chi connectivity index (χ2n) is 2.97.